The van der Waals surface area contributed by atoms with E-state index in [1.54, 1.807) is 7.11 Å². The fourth-order valence-electron chi connectivity index (χ4n) is 4.76. The number of ether oxygens (including phenoxy) is 1. The van der Waals surface area contributed by atoms with Gasteiger partial charge in [0.15, 0.2) is 0 Å². The van der Waals surface area contributed by atoms with Gasteiger partial charge in [0.25, 0.3) is 0 Å². The van der Waals surface area contributed by atoms with Crippen LogP contribution in [0.3, 0.4) is 0 Å². The lowest BCUT2D eigenvalue weighted by Gasteiger charge is -2.16. The summed E-state index contributed by atoms with van der Waals surface area (Å²) in [5, 5.41) is 1.22. The number of pyridine rings is 2. The highest BCUT2D eigenvalue weighted by atomic mass is 35.5. The monoisotopic (exact) mass is 559 g/mol. The molecule has 0 bridgehead atoms. The van der Waals surface area contributed by atoms with E-state index >= 15 is 0 Å². The van der Waals surface area contributed by atoms with Gasteiger partial charge in [-0.25, -0.2) is 9.97 Å². The van der Waals surface area contributed by atoms with Crippen molar-refractivity contribution in [2.24, 2.45) is 0 Å². The Bertz CT molecular complexity index is 1640. The number of benzene rings is 2. The molecule has 0 aliphatic heterocycles. The molecule has 3 heterocycles. The highest BCUT2D eigenvalue weighted by Gasteiger charge is 2.17. The summed E-state index contributed by atoms with van der Waals surface area (Å²) in [7, 11) is 9.74. The first-order valence-corrected chi connectivity index (χ1v) is 13.4. The van der Waals surface area contributed by atoms with Crippen LogP contribution in [0.15, 0.2) is 73.1 Å². The maximum atomic E-state index is 7.06. The molecule has 5 rings (SSSR count). The molecule has 0 N–H and O–H groups in total. The van der Waals surface area contributed by atoms with Crippen molar-refractivity contribution in [1.82, 2.24) is 24.2 Å². The van der Waals surface area contributed by atoms with Crippen molar-refractivity contribution in [3.05, 3.63) is 94.4 Å². The molecule has 0 atom stereocenters. The van der Waals surface area contributed by atoms with Crippen LogP contribution in [-0.2, 0) is 13.1 Å². The molecular formula is C31H31Cl2N5O. The molecule has 0 spiro atoms. The van der Waals surface area contributed by atoms with Crippen molar-refractivity contribution in [2.45, 2.75) is 13.1 Å². The van der Waals surface area contributed by atoms with Crippen molar-refractivity contribution < 1.29 is 4.74 Å². The second-order valence-electron chi connectivity index (χ2n) is 10.1. The maximum Gasteiger partial charge on any atom is 0.218 e. The van der Waals surface area contributed by atoms with E-state index < -0.39 is 0 Å². The highest BCUT2D eigenvalue weighted by molar-refractivity contribution is 6.39. The van der Waals surface area contributed by atoms with Crippen LogP contribution in [-0.4, -0.2) is 59.5 Å². The Balaban J connectivity index is 1.54. The summed E-state index contributed by atoms with van der Waals surface area (Å²) in [6, 6.07) is 20.1. The molecule has 8 heteroatoms. The molecule has 39 heavy (non-hydrogen) atoms. The molecule has 0 unspecified atom stereocenters. The van der Waals surface area contributed by atoms with Gasteiger partial charge in [0.05, 0.1) is 28.5 Å². The van der Waals surface area contributed by atoms with Gasteiger partial charge in [-0.1, -0.05) is 65.7 Å². The predicted octanol–water partition coefficient (Wildman–Crippen LogP) is 7.17. The molecule has 0 fully saturated rings. The largest absolute Gasteiger partial charge is 0.481 e. The van der Waals surface area contributed by atoms with Crippen LogP contribution in [0, 0.1) is 0 Å². The standard InChI is InChI=1S/C31H31Cl2N5O/c1-36(2)17-21-12-13-27(35-31(21)39-5)26-11-7-10-25(30(26)33)24-9-6-8-23(29(24)32)20-14-15-38-19-22(18-37(3)4)34-28(38)16-20/h6-16,19H,17-18H2,1-5H3. The molecule has 5 aromatic rings. The highest BCUT2D eigenvalue weighted by Crippen LogP contribution is 2.42. The summed E-state index contributed by atoms with van der Waals surface area (Å²) >= 11 is 14.1. The zero-order valence-corrected chi connectivity index (χ0v) is 24.3. The fraction of sp³-hybridized carbons (Fsp3) is 0.226. The minimum atomic E-state index is 0.587. The van der Waals surface area contributed by atoms with Crippen LogP contribution in [0.2, 0.25) is 10.0 Å². The Morgan fingerprint density at radius 3 is 2.08 bits per heavy atom. The molecule has 0 amide bonds. The summed E-state index contributed by atoms with van der Waals surface area (Å²) in [5.41, 5.74) is 8.07. The van der Waals surface area contributed by atoms with Crippen molar-refractivity contribution >= 4 is 28.8 Å². The predicted molar refractivity (Wildman–Crippen MR) is 161 cm³/mol. The van der Waals surface area contributed by atoms with Crippen LogP contribution >= 0.6 is 23.2 Å². The average Bonchev–Trinajstić information content (AvgIpc) is 3.30. The van der Waals surface area contributed by atoms with E-state index in [0.29, 0.717) is 15.9 Å². The molecule has 3 aromatic heterocycles. The Labute approximate surface area is 239 Å². The summed E-state index contributed by atoms with van der Waals surface area (Å²) < 4.78 is 7.62. The fourth-order valence-corrected chi connectivity index (χ4v) is 5.42. The van der Waals surface area contributed by atoms with Crippen molar-refractivity contribution in [3.63, 3.8) is 0 Å². The van der Waals surface area contributed by atoms with E-state index in [1.165, 1.54) is 0 Å². The number of nitrogens with zero attached hydrogens (tertiary/aromatic N) is 5. The minimum absolute atomic E-state index is 0.587. The molecule has 200 valence electrons. The van der Waals surface area contributed by atoms with Crippen LogP contribution in [0.1, 0.15) is 11.3 Å². The normalized spacial score (nSPS) is 11.6. The van der Waals surface area contributed by atoms with Crippen LogP contribution in [0.5, 0.6) is 5.88 Å². The SMILES string of the molecule is COc1nc(-c2cccc(-c3cccc(-c4ccn5cc(CN(C)C)nc5c4)c3Cl)c2Cl)ccc1CN(C)C. The lowest BCUT2D eigenvalue weighted by atomic mass is 9.97. The van der Waals surface area contributed by atoms with Crippen LogP contribution in [0.4, 0.5) is 0 Å². The summed E-state index contributed by atoms with van der Waals surface area (Å²) in [5.74, 6) is 0.589. The smallest absolute Gasteiger partial charge is 0.218 e. The Kier molecular flexibility index (Phi) is 7.91. The zero-order valence-electron chi connectivity index (χ0n) is 22.7. The third-order valence-corrected chi connectivity index (χ3v) is 7.30. The number of aromatic nitrogens is 3. The van der Waals surface area contributed by atoms with E-state index in [4.69, 9.17) is 37.9 Å². The first kappa shape index (κ1) is 27.2. The molecule has 0 aliphatic carbocycles. The van der Waals surface area contributed by atoms with Crippen molar-refractivity contribution in [1.29, 1.82) is 0 Å². The number of halogens is 2. The van der Waals surface area contributed by atoms with Gasteiger partial charge >= 0.3 is 0 Å². The van der Waals surface area contributed by atoms with Gasteiger partial charge in [0.1, 0.15) is 5.65 Å². The summed E-state index contributed by atoms with van der Waals surface area (Å²) in [6.45, 7) is 1.51. The third kappa shape index (κ3) is 5.65. The van der Waals surface area contributed by atoms with Gasteiger partial charge in [0.2, 0.25) is 5.88 Å². The van der Waals surface area contributed by atoms with Gasteiger partial charge in [0, 0.05) is 53.3 Å². The molecule has 6 nitrogen and oxygen atoms in total. The second-order valence-corrected chi connectivity index (χ2v) is 10.8. The van der Waals surface area contributed by atoms with E-state index in [1.807, 2.05) is 87.3 Å². The van der Waals surface area contributed by atoms with Gasteiger partial charge < -0.3 is 18.9 Å². The quantitative estimate of drug-likeness (QED) is 0.201. The van der Waals surface area contributed by atoms with Gasteiger partial charge in [-0.05, 0) is 52.0 Å². The van der Waals surface area contributed by atoms with Gasteiger partial charge in [-0.2, -0.15) is 0 Å². The number of fused-ring (bicyclic) bond motifs is 1. The molecular weight excluding hydrogens is 529 g/mol. The van der Waals surface area contributed by atoms with Crippen LogP contribution in [0.25, 0.3) is 39.2 Å². The molecule has 2 aromatic carbocycles. The number of hydrogen-bond donors (Lipinski definition) is 0. The van der Waals surface area contributed by atoms with E-state index in [9.17, 15) is 0 Å². The minimum Gasteiger partial charge on any atom is -0.481 e. The average molecular weight is 561 g/mol. The third-order valence-electron chi connectivity index (χ3n) is 6.48. The van der Waals surface area contributed by atoms with Gasteiger partial charge in [-0.3, -0.25) is 0 Å². The lowest BCUT2D eigenvalue weighted by molar-refractivity contribution is 0.362. The lowest BCUT2D eigenvalue weighted by Crippen LogP contribution is -2.12. The van der Waals surface area contributed by atoms with Gasteiger partial charge in [-0.15, -0.1) is 0 Å². The van der Waals surface area contributed by atoms with E-state index in [2.05, 4.69) is 28.1 Å². The Morgan fingerprint density at radius 2 is 1.41 bits per heavy atom. The maximum absolute atomic E-state index is 7.06. The topological polar surface area (TPSA) is 45.9 Å². The first-order chi connectivity index (χ1) is 18.7. The van der Waals surface area contributed by atoms with Crippen molar-refractivity contribution in [3.8, 4) is 39.4 Å². The molecule has 0 radical (unpaired) electrons. The summed E-state index contributed by atoms with van der Waals surface area (Å²) in [4.78, 5) is 13.7. The molecule has 0 saturated heterocycles. The van der Waals surface area contributed by atoms with Crippen molar-refractivity contribution in [2.75, 3.05) is 35.3 Å². The zero-order chi connectivity index (χ0) is 27.7. The Hall–Kier alpha value is -3.42. The van der Waals surface area contributed by atoms with Crippen LogP contribution < -0.4 is 4.74 Å². The number of imidazole rings is 1. The second kappa shape index (κ2) is 11.4. The van der Waals surface area contributed by atoms with E-state index in [0.717, 1.165) is 63.5 Å². The van der Waals surface area contributed by atoms with E-state index in [-0.39, 0.29) is 0 Å². The Morgan fingerprint density at radius 1 is 0.769 bits per heavy atom. The molecule has 0 aliphatic rings. The number of methoxy groups -OCH3 is 1. The summed E-state index contributed by atoms with van der Waals surface area (Å²) in [6.07, 6.45) is 4.07. The number of rotatable bonds is 8. The first-order valence-electron chi connectivity index (χ1n) is 12.6. The number of hydrogen-bond acceptors (Lipinski definition) is 5. The molecule has 0 saturated carbocycles.